The highest BCUT2D eigenvalue weighted by Crippen LogP contribution is 2.12. The Morgan fingerprint density at radius 1 is 1.50 bits per heavy atom. The van der Waals surface area contributed by atoms with E-state index < -0.39 is 0 Å². The Bertz CT molecular complexity index is 414. The third-order valence-corrected chi connectivity index (χ3v) is 3.11. The number of amidine groups is 1. The first-order chi connectivity index (χ1) is 8.81. The number of rotatable bonds is 5. The number of ether oxygens (including phenoxy) is 1. The Morgan fingerprint density at radius 3 is 3.06 bits per heavy atom. The molecule has 1 aliphatic rings. The fraction of sp³-hybridized carbons (Fsp3) is 0.462. The number of hydrogen-bond acceptors (Lipinski definition) is 4. The molecule has 0 aliphatic carbocycles. The van der Waals surface area contributed by atoms with Crippen molar-refractivity contribution in [3.63, 3.8) is 0 Å². The van der Waals surface area contributed by atoms with Crippen LogP contribution in [0.1, 0.15) is 24.0 Å². The normalized spacial score (nSPS) is 20.2. The average Bonchev–Trinajstić information content (AvgIpc) is 2.92. The maximum Gasteiger partial charge on any atom is 0.170 e. The summed E-state index contributed by atoms with van der Waals surface area (Å²) in [4.78, 5) is 0. The molecule has 1 atom stereocenters. The number of hydrogen-bond donors (Lipinski definition) is 3. The largest absolute Gasteiger partial charge is 0.409 e. The summed E-state index contributed by atoms with van der Waals surface area (Å²) in [7, 11) is 0. The van der Waals surface area contributed by atoms with E-state index >= 15 is 0 Å². The van der Waals surface area contributed by atoms with Gasteiger partial charge in [0, 0.05) is 25.3 Å². The summed E-state index contributed by atoms with van der Waals surface area (Å²) < 4.78 is 5.54. The van der Waals surface area contributed by atoms with Gasteiger partial charge in [0.25, 0.3) is 0 Å². The maximum absolute atomic E-state index is 8.73. The van der Waals surface area contributed by atoms with Gasteiger partial charge in [-0.3, -0.25) is 0 Å². The van der Waals surface area contributed by atoms with Gasteiger partial charge in [0.2, 0.25) is 0 Å². The molecule has 0 amide bonds. The zero-order valence-electron chi connectivity index (χ0n) is 10.3. The van der Waals surface area contributed by atoms with E-state index in [4.69, 9.17) is 15.7 Å². The maximum atomic E-state index is 8.73. The van der Waals surface area contributed by atoms with Crippen molar-refractivity contribution in [3.05, 3.63) is 35.4 Å². The molecule has 1 fully saturated rings. The topological polar surface area (TPSA) is 79.9 Å². The first-order valence-electron chi connectivity index (χ1n) is 6.19. The van der Waals surface area contributed by atoms with Gasteiger partial charge < -0.3 is 21.0 Å². The summed E-state index contributed by atoms with van der Waals surface area (Å²) in [5, 5.41) is 15.1. The smallest absolute Gasteiger partial charge is 0.170 e. The van der Waals surface area contributed by atoms with Crippen LogP contribution in [0.15, 0.2) is 29.4 Å². The van der Waals surface area contributed by atoms with E-state index in [1.807, 2.05) is 24.3 Å². The lowest BCUT2D eigenvalue weighted by molar-refractivity contribution is 0.110. The van der Waals surface area contributed by atoms with E-state index in [-0.39, 0.29) is 5.84 Å². The quantitative estimate of drug-likeness (QED) is 0.315. The molecule has 98 valence electrons. The molecule has 0 radical (unpaired) electrons. The standard InChI is InChI=1S/C13H19N3O2/c14-13(16-17)12-6-2-1-4-10(12)8-15-9-11-5-3-7-18-11/h1-2,4,6,11,15,17H,3,5,7-9H2,(H2,14,16). The van der Waals surface area contributed by atoms with Crippen molar-refractivity contribution >= 4 is 5.84 Å². The van der Waals surface area contributed by atoms with Crippen molar-refractivity contribution in [1.82, 2.24) is 5.32 Å². The van der Waals surface area contributed by atoms with Gasteiger partial charge >= 0.3 is 0 Å². The molecule has 1 aromatic carbocycles. The van der Waals surface area contributed by atoms with Crippen LogP contribution in [0.3, 0.4) is 0 Å². The number of oxime groups is 1. The minimum Gasteiger partial charge on any atom is -0.409 e. The lowest BCUT2D eigenvalue weighted by Crippen LogP contribution is -2.27. The molecule has 0 bridgehead atoms. The zero-order valence-corrected chi connectivity index (χ0v) is 10.3. The molecule has 0 aromatic heterocycles. The van der Waals surface area contributed by atoms with E-state index in [0.29, 0.717) is 12.6 Å². The Balaban J connectivity index is 1.92. The Kier molecular flexibility index (Phi) is 4.55. The third-order valence-electron chi connectivity index (χ3n) is 3.11. The highest BCUT2D eigenvalue weighted by molar-refractivity contribution is 5.98. The molecule has 1 heterocycles. The number of nitrogens with one attached hydrogen (secondary N) is 1. The van der Waals surface area contributed by atoms with Crippen molar-refractivity contribution in [2.45, 2.75) is 25.5 Å². The van der Waals surface area contributed by atoms with Crippen LogP contribution in [0.2, 0.25) is 0 Å². The lowest BCUT2D eigenvalue weighted by Gasteiger charge is -2.12. The average molecular weight is 249 g/mol. The predicted molar refractivity (Wildman–Crippen MR) is 69.6 cm³/mol. The summed E-state index contributed by atoms with van der Waals surface area (Å²) in [6.45, 7) is 2.39. The summed E-state index contributed by atoms with van der Waals surface area (Å²) in [5.41, 5.74) is 7.42. The number of nitrogens with zero attached hydrogens (tertiary/aromatic N) is 1. The molecule has 1 aromatic rings. The number of benzene rings is 1. The fourth-order valence-corrected chi connectivity index (χ4v) is 2.15. The van der Waals surface area contributed by atoms with Crippen molar-refractivity contribution in [3.8, 4) is 0 Å². The summed E-state index contributed by atoms with van der Waals surface area (Å²) in [6, 6.07) is 7.63. The van der Waals surface area contributed by atoms with Gasteiger partial charge in [-0.15, -0.1) is 0 Å². The van der Waals surface area contributed by atoms with Crippen LogP contribution in [0.25, 0.3) is 0 Å². The first-order valence-corrected chi connectivity index (χ1v) is 6.19. The van der Waals surface area contributed by atoms with E-state index in [0.717, 1.165) is 37.1 Å². The zero-order chi connectivity index (χ0) is 12.8. The summed E-state index contributed by atoms with van der Waals surface area (Å²) in [6.07, 6.45) is 2.59. The van der Waals surface area contributed by atoms with Gasteiger partial charge in [0.1, 0.15) is 0 Å². The van der Waals surface area contributed by atoms with E-state index in [1.165, 1.54) is 0 Å². The lowest BCUT2D eigenvalue weighted by atomic mass is 10.1. The molecule has 1 saturated heterocycles. The molecule has 0 spiro atoms. The predicted octanol–water partition coefficient (Wildman–Crippen LogP) is 1.05. The van der Waals surface area contributed by atoms with E-state index in [2.05, 4.69) is 10.5 Å². The second kappa shape index (κ2) is 6.37. The van der Waals surface area contributed by atoms with Crippen LogP contribution in [0.4, 0.5) is 0 Å². The molecule has 18 heavy (non-hydrogen) atoms. The SMILES string of the molecule is NC(=NO)c1ccccc1CNCC1CCCO1. The first kappa shape index (κ1) is 12.9. The van der Waals surface area contributed by atoms with E-state index in [9.17, 15) is 0 Å². The molecule has 5 nitrogen and oxygen atoms in total. The molecule has 1 aliphatic heterocycles. The highest BCUT2D eigenvalue weighted by atomic mass is 16.5. The molecular formula is C13H19N3O2. The van der Waals surface area contributed by atoms with Gasteiger partial charge in [-0.1, -0.05) is 29.4 Å². The minimum absolute atomic E-state index is 0.143. The van der Waals surface area contributed by atoms with Crippen LogP contribution in [-0.2, 0) is 11.3 Å². The highest BCUT2D eigenvalue weighted by Gasteiger charge is 2.14. The van der Waals surface area contributed by atoms with Crippen molar-refractivity contribution in [2.24, 2.45) is 10.9 Å². The van der Waals surface area contributed by atoms with Crippen LogP contribution in [-0.4, -0.2) is 30.3 Å². The minimum atomic E-state index is 0.143. The summed E-state index contributed by atoms with van der Waals surface area (Å²) in [5.74, 6) is 0.143. The van der Waals surface area contributed by atoms with Crippen molar-refractivity contribution < 1.29 is 9.94 Å². The molecule has 0 saturated carbocycles. The van der Waals surface area contributed by atoms with Crippen LogP contribution in [0.5, 0.6) is 0 Å². The Labute approximate surface area is 107 Å². The van der Waals surface area contributed by atoms with Gasteiger partial charge in [0.05, 0.1) is 6.10 Å². The number of nitrogens with two attached hydrogens (primary N) is 1. The Morgan fingerprint density at radius 2 is 2.33 bits per heavy atom. The van der Waals surface area contributed by atoms with Gasteiger partial charge in [-0.05, 0) is 18.4 Å². The summed E-state index contributed by atoms with van der Waals surface area (Å²) >= 11 is 0. The molecule has 1 unspecified atom stereocenters. The van der Waals surface area contributed by atoms with Gasteiger partial charge in [-0.2, -0.15) is 0 Å². The second-order valence-corrected chi connectivity index (χ2v) is 4.41. The van der Waals surface area contributed by atoms with Crippen LogP contribution in [0, 0.1) is 0 Å². The van der Waals surface area contributed by atoms with Gasteiger partial charge in [-0.25, -0.2) is 0 Å². The third kappa shape index (κ3) is 3.21. The Hall–Kier alpha value is -1.59. The van der Waals surface area contributed by atoms with Crippen molar-refractivity contribution in [1.29, 1.82) is 0 Å². The fourth-order valence-electron chi connectivity index (χ4n) is 2.15. The van der Waals surface area contributed by atoms with E-state index in [1.54, 1.807) is 0 Å². The molecule has 4 N–H and O–H groups in total. The second-order valence-electron chi connectivity index (χ2n) is 4.41. The molecule has 5 heteroatoms. The molecular weight excluding hydrogens is 230 g/mol. The monoisotopic (exact) mass is 249 g/mol. The van der Waals surface area contributed by atoms with Gasteiger partial charge in [0.15, 0.2) is 5.84 Å². The van der Waals surface area contributed by atoms with Crippen molar-refractivity contribution in [2.75, 3.05) is 13.2 Å². The van der Waals surface area contributed by atoms with Crippen LogP contribution < -0.4 is 11.1 Å². The van der Waals surface area contributed by atoms with Crippen LogP contribution >= 0.6 is 0 Å². The molecule has 2 rings (SSSR count).